The van der Waals surface area contributed by atoms with Gasteiger partial charge >= 0.3 is 0 Å². The molecule has 0 bridgehead atoms. The molecule has 1 aromatic rings. The summed E-state index contributed by atoms with van der Waals surface area (Å²) >= 11 is 3.38. The van der Waals surface area contributed by atoms with Gasteiger partial charge in [0.1, 0.15) is 5.75 Å². The van der Waals surface area contributed by atoms with E-state index in [-0.39, 0.29) is 11.7 Å². The molecule has 94 valence electrons. The summed E-state index contributed by atoms with van der Waals surface area (Å²) in [6.07, 6.45) is 4.91. The number of halogens is 1. The number of anilines is 1. The number of carbonyl (C=O) groups excluding carboxylic acids is 1. The Kier molecular flexibility index (Phi) is 6.70. The lowest BCUT2D eigenvalue weighted by Crippen LogP contribution is -2.10. The van der Waals surface area contributed by atoms with Crippen LogP contribution in [-0.4, -0.2) is 16.3 Å². The minimum atomic E-state index is 0.0366. The third kappa shape index (κ3) is 6.31. The lowest BCUT2D eigenvalue weighted by atomic mass is 10.1. The molecule has 3 nitrogen and oxygen atoms in total. The molecule has 0 aromatic heterocycles. The normalized spacial score (nSPS) is 10.2. The zero-order valence-corrected chi connectivity index (χ0v) is 11.4. The number of rotatable bonds is 7. The third-order valence-corrected chi connectivity index (χ3v) is 3.00. The van der Waals surface area contributed by atoms with E-state index in [9.17, 15) is 4.79 Å². The number of carbonyl (C=O) groups is 1. The van der Waals surface area contributed by atoms with Crippen molar-refractivity contribution in [1.82, 2.24) is 0 Å². The van der Waals surface area contributed by atoms with Gasteiger partial charge in [-0.3, -0.25) is 4.79 Å². The molecule has 1 amide bonds. The fraction of sp³-hybridized carbons (Fsp3) is 0.462. The highest BCUT2D eigenvalue weighted by molar-refractivity contribution is 9.09. The number of unbranched alkanes of at least 4 members (excludes halogenated alkanes) is 3. The Labute approximate surface area is 110 Å². The van der Waals surface area contributed by atoms with Gasteiger partial charge in [0, 0.05) is 17.4 Å². The second kappa shape index (κ2) is 8.12. The predicted molar refractivity (Wildman–Crippen MR) is 73.6 cm³/mol. The smallest absolute Gasteiger partial charge is 0.224 e. The highest BCUT2D eigenvalue weighted by atomic mass is 79.9. The van der Waals surface area contributed by atoms with Gasteiger partial charge in [0.2, 0.25) is 5.91 Å². The number of benzene rings is 1. The molecule has 4 heteroatoms. The molecule has 0 spiro atoms. The number of amides is 1. The number of nitrogens with one attached hydrogen (secondary N) is 1. The van der Waals surface area contributed by atoms with Gasteiger partial charge in [-0.25, -0.2) is 0 Å². The van der Waals surface area contributed by atoms with E-state index in [1.54, 1.807) is 24.3 Å². The van der Waals surface area contributed by atoms with Crippen molar-refractivity contribution < 1.29 is 9.90 Å². The summed E-state index contributed by atoms with van der Waals surface area (Å²) in [4.78, 5) is 11.5. The molecule has 17 heavy (non-hydrogen) atoms. The second-order valence-electron chi connectivity index (χ2n) is 3.95. The number of phenols is 1. The van der Waals surface area contributed by atoms with Gasteiger partial charge in [-0.05, 0) is 37.1 Å². The van der Waals surface area contributed by atoms with E-state index in [0.717, 1.165) is 30.3 Å². The Bertz CT molecular complexity index is 338. The summed E-state index contributed by atoms with van der Waals surface area (Å²) in [6, 6.07) is 6.51. The number of alkyl halides is 1. The molecular formula is C13H18BrNO2. The topological polar surface area (TPSA) is 49.3 Å². The molecule has 0 radical (unpaired) electrons. The predicted octanol–water partition coefficient (Wildman–Crippen LogP) is 3.68. The summed E-state index contributed by atoms with van der Waals surface area (Å²) in [5, 5.41) is 12.9. The standard InChI is InChI=1S/C13H18BrNO2/c14-10-4-2-1-3-5-13(17)15-11-6-8-12(16)9-7-11/h6-9,16H,1-5,10H2,(H,15,17). The Morgan fingerprint density at radius 1 is 1.12 bits per heavy atom. The Hall–Kier alpha value is -1.03. The van der Waals surface area contributed by atoms with Crippen LogP contribution < -0.4 is 5.32 Å². The molecule has 0 atom stereocenters. The quantitative estimate of drug-likeness (QED) is 0.458. The number of aromatic hydroxyl groups is 1. The molecule has 0 fully saturated rings. The van der Waals surface area contributed by atoms with Crippen molar-refractivity contribution >= 4 is 27.5 Å². The zero-order valence-electron chi connectivity index (χ0n) is 9.79. The van der Waals surface area contributed by atoms with E-state index >= 15 is 0 Å². The fourth-order valence-corrected chi connectivity index (χ4v) is 1.90. The largest absolute Gasteiger partial charge is 0.508 e. The molecule has 0 unspecified atom stereocenters. The van der Waals surface area contributed by atoms with E-state index < -0.39 is 0 Å². The summed E-state index contributed by atoms with van der Waals surface area (Å²) in [7, 11) is 0. The highest BCUT2D eigenvalue weighted by Crippen LogP contribution is 2.14. The van der Waals surface area contributed by atoms with Crippen molar-refractivity contribution in [2.24, 2.45) is 0 Å². The van der Waals surface area contributed by atoms with Crippen molar-refractivity contribution in [3.8, 4) is 5.75 Å². The highest BCUT2D eigenvalue weighted by Gasteiger charge is 2.01. The van der Waals surface area contributed by atoms with Crippen LogP contribution in [0.3, 0.4) is 0 Å². The van der Waals surface area contributed by atoms with E-state index in [1.165, 1.54) is 6.42 Å². The third-order valence-electron chi connectivity index (χ3n) is 2.44. The Balaban J connectivity index is 2.18. The summed E-state index contributed by atoms with van der Waals surface area (Å²) in [6.45, 7) is 0. The average molecular weight is 300 g/mol. The lowest BCUT2D eigenvalue weighted by molar-refractivity contribution is -0.116. The first kappa shape index (κ1) is 14.0. The molecule has 0 saturated carbocycles. The summed E-state index contributed by atoms with van der Waals surface area (Å²) in [5.74, 6) is 0.243. The van der Waals surface area contributed by atoms with Crippen LogP contribution >= 0.6 is 15.9 Å². The number of hydrogen-bond donors (Lipinski definition) is 2. The van der Waals surface area contributed by atoms with Crippen LogP contribution in [0, 0.1) is 0 Å². The maximum atomic E-state index is 11.5. The van der Waals surface area contributed by atoms with Crippen LogP contribution in [0.1, 0.15) is 32.1 Å². The first-order valence-corrected chi connectivity index (χ1v) is 6.99. The van der Waals surface area contributed by atoms with Crippen LogP contribution in [-0.2, 0) is 4.79 Å². The SMILES string of the molecule is O=C(CCCCCCBr)Nc1ccc(O)cc1. The van der Waals surface area contributed by atoms with Gasteiger partial charge in [0.25, 0.3) is 0 Å². The molecule has 0 saturated heterocycles. The zero-order chi connectivity index (χ0) is 12.5. The van der Waals surface area contributed by atoms with Gasteiger partial charge in [-0.1, -0.05) is 28.8 Å². The van der Waals surface area contributed by atoms with Crippen molar-refractivity contribution in [3.05, 3.63) is 24.3 Å². The molecule has 0 aliphatic carbocycles. The lowest BCUT2D eigenvalue weighted by Gasteiger charge is -2.05. The van der Waals surface area contributed by atoms with Crippen molar-refractivity contribution in [2.45, 2.75) is 32.1 Å². The first-order chi connectivity index (χ1) is 8.22. The van der Waals surface area contributed by atoms with Crippen LogP contribution in [0.15, 0.2) is 24.3 Å². The molecule has 0 aliphatic rings. The average Bonchev–Trinajstić information content (AvgIpc) is 2.32. The second-order valence-corrected chi connectivity index (χ2v) is 4.74. The Morgan fingerprint density at radius 2 is 1.76 bits per heavy atom. The van der Waals surface area contributed by atoms with Crippen LogP contribution in [0.25, 0.3) is 0 Å². The van der Waals surface area contributed by atoms with Gasteiger partial charge in [-0.15, -0.1) is 0 Å². The van der Waals surface area contributed by atoms with E-state index in [0.29, 0.717) is 6.42 Å². The minimum Gasteiger partial charge on any atom is -0.508 e. The van der Waals surface area contributed by atoms with Gasteiger partial charge < -0.3 is 10.4 Å². The summed E-state index contributed by atoms with van der Waals surface area (Å²) in [5.41, 5.74) is 0.730. The van der Waals surface area contributed by atoms with Gasteiger partial charge in [-0.2, -0.15) is 0 Å². The first-order valence-electron chi connectivity index (χ1n) is 5.87. The van der Waals surface area contributed by atoms with Crippen molar-refractivity contribution in [2.75, 3.05) is 10.6 Å². The molecule has 2 N–H and O–H groups in total. The van der Waals surface area contributed by atoms with Crippen LogP contribution in [0.2, 0.25) is 0 Å². The number of phenolic OH excluding ortho intramolecular Hbond substituents is 1. The monoisotopic (exact) mass is 299 g/mol. The fourth-order valence-electron chi connectivity index (χ4n) is 1.50. The Morgan fingerprint density at radius 3 is 2.41 bits per heavy atom. The molecule has 1 aromatic carbocycles. The van der Waals surface area contributed by atoms with E-state index in [2.05, 4.69) is 21.2 Å². The van der Waals surface area contributed by atoms with Crippen molar-refractivity contribution in [1.29, 1.82) is 0 Å². The van der Waals surface area contributed by atoms with Crippen molar-refractivity contribution in [3.63, 3.8) is 0 Å². The van der Waals surface area contributed by atoms with Gasteiger partial charge in [0.15, 0.2) is 0 Å². The van der Waals surface area contributed by atoms with E-state index in [4.69, 9.17) is 5.11 Å². The number of hydrogen-bond acceptors (Lipinski definition) is 2. The maximum Gasteiger partial charge on any atom is 0.224 e. The minimum absolute atomic E-state index is 0.0366. The van der Waals surface area contributed by atoms with Gasteiger partial charge in [0.05, 0.1) is 0 Å². The molecule has 1 rings (SSSR count). The van der Waals surface area contributed by atoms with E-state index in [1.807, 2.05) is 0 Å². The van der Waals surface area contributed by atoms with Crippen LogP contribution in [0.5, 0.6) is 5.75 Å². The molecule has 0 aliphatic heterocycles. The summed E-state index contributed by atoms with van der Waals surface area (Å²) < 4.78 is 0. The van der Waals surface area contributed by atoms with Crippen LogP contribution in [0.4, 0.5) is 5.69 Å². The maximum absolute atomic E-state index is 11.5. The molecule has 0 heterocycles. The molecular weight excluding hydrogens is 282 g/mol.